The number of nitrogens with two attached hydrogens (primary N) is 2. The van der Waals surface area contributed by atoms with Crippen LogP contribution in [0.4, 0.5) is 0 Å². The SMILES string of the molecule is CN(C(=O)C1CCNCC1)C(Cc1ccc2ccccc2c1)C(=O)N[C@H](Cc1c[nH]c2ccccc12)C(=O)N[C@@H](Cc1ccccc1)C(=O)NC(CCCCN)C(N)=O. The molecule has 1 aliphatic heterocycles. The minimum absolute atomic E-state index is 0.0823. The van der Waals surface area contributed by atoms with Gasteiger partial charge in [0.1, 0.15) is 24.2 Å². The van der Waals surface area contributed by atoms with Crippen molar-refractivity contribution in [1.29, 1.82) is 0 Å². The fraction of sp³-hybridized carbons (Fsp3) is 0.370. The number of primary amides is 1. The number of hydrogen-bond donors (Lipinski definition) is 7. The molecule has 0 saturated carbocycles. The van der Waals surface area contributed by atoms with Crippen LogP contribution in [0.5, 0.6) is 0 Å². The molecular formula is C46H56N8O5. The Balaban J connectivity index is 1.31. The summed E-state index contributed by atoms with van der Waals surface area (Å²) in [6.45, 7) is 1.86. The van der Waals surface area contributed by atoms with Gasteiger partial charge in [-0.2, -0.15) is 0 Å². The Bertz CT molecular complexity index is 2220. The van der Waals surface area contributed by atoms with Gasteiger partial charge >= 0.3 is 0 Å². The Morgan fingerprint density at radius 1 is 0.712 bits per heavy atom. The number of unbranched alkanes of at least 4 members (excludes halogenated alkanes) is 1. The van der Waals surface area contributed by atoms with Crippen molar-refractivity contribution in [2.75, 3.05) is 26.7 Å². The lowest BCUT2D eigenvalue weighted by Crippen LogP contribution is -2.59. The summed E-state index contributed by atoms with van der Waals surface area (Å²) in [5.74, 6) is -2.74. The van der Waals surface area contributed by atoms with Gasteiger partial charge in [0.15, 0.2) is 0 Å². The molecule has 13 heteroatoms. The zero-order chi connectivity index (χ0) is 41.7. The highest BCUT2D eigenvalue weighted by Gasteiger charge is 2.35. The van der Waals surface area contributed by atoms with Gasteiger partial charge in [-0.1, -0.05) is 91.0 Å². The fourth-order valence-corrected chi connectivity index (χ4v) is 7.88. The van der Waals surface area contributed by atoms with E-state index in [1.54, 1.807) is 7.05 Å². The van der Waals surface area contributed by atoms with Crippen LogP contribution in [-0.2, 0) is 43.2 Å². The molecule has 5 aromatic rings. The third-order valence-corrected chi connectivity index (χ3v) is 11.3. The summed E-state index contributed by atoms with van der Waals surface area (Å²) in [6, 6.07) is 26.6. The van der Waals surface area contributed by atoms with Crippen LogP contribution in [0.25, 0.3) is 21.7 Å². The molecule has 0 bridgehead atoms. The molecule has 0 aliphatic carbocycles. The zero-order valence-corrected chi connectivity index (χ0v) is 33.6. The molecular weight excluding hydrogens is 745 g/mol. The molecule has 5 amide bonds. The zero-order valence-electron chi connectivity index (χ0n) is 33.6. The molecule has 1 fully saturated rings. The number of hydrogen-bond acceptors (Lipinski definition) is 7. The van der Waals surface area contributed by atoms with E-state index in [9.17, 15) is 24.0 Å². The Hall–Kier alpha value is -6.05. The number of nitrogens with zero attached hydrogens (tertiary/aromatic N) is 1. The molecule has 4 aromatic carbocycles. The topological polar surface area (TPSA) is 205 Å². The van der Waals surface area contributed by atoms with Gasteiger partial charge in [-0.3, -0.25) is 24.0 Å². The van der Waals surface area contributed by atoms with E-state index in [0.29, 0.717) is 51.7 Å². The molecule has 1 aromatic heterocycles. The lowest BCUT2D eigenvalue weighted by molar-refractivity contribution is -0.143. The molecule has 9 N–H and O–H groups in total. The highest BCUT2D eigenvalue weighted by atomic mass is 16.2. The number of rotatable bonds is 19. The van der Waals surface area contributed by atoms with Gasteiger partial charge < -0.3 is 42.6 Å². The smallest absolute Gasteiger partial charge is 0.243 e. The highest BCUT2D eigenvalue weighted by Crippen LogP contribution is 2.23. The predicted molar refractivity (Wildman–Crippen MR) is 230 cm³/mol. The van der Waals surface area contributed by atoms with E-state index in [-0.39, 0.29) is 31.1 Å². The number of nitrogens with one attached hydrogen (secondary N) is 5. The van der Waals surface area contributed by atoms with Crippen molar-refractivity contribution in [2.45, 2.75) is 75.5 Å². The number of piperidine rings is 1. The summed E-state index contributed by atoms with van der Waals surface area (Å²) >= 11 is 0. The molecule has 2 unspecified atom stereocenters. The van der Waals surface area contributed by atoms with Crippen molar-refractivity contribution >= 4 is 51.2 Å². The number of para-hydroxylation sites is 1. The minimum atomic E-state index is -1.16. The van der Waals surface area contributed by atoms with E-state index < -0.39 is 47.8 Å². The van der Waals surface area contributed by atoms with Crippen molar-refractivity contribution < 1.29 is 24.0 Å². The van der Waals surface area contributed by atoms with E-state index in [1.165, 1.54) is 4.90 Å². The Morgan fingerprint density at radius 3 is 2.08 bits per heavy atom. The first kappa shape index (κ1) is 42.6. The molecule has 0 spiro atoms. The number of fused-ring (bicyclic) bond motifs is 2. The van der Waals surface area contributed by atoms with E-state index in [2.05, 4.69) is 26.3 Å². The van der Waals surface area contributed by atoms with Crippen LogP contribution in [0.1, 0.15) is 48.8 Å². The van der Waals surface area contributed by atoms with Crippen molar-refractivity contribution in [3.63, 3.8) is 0 Å². The number of amides is 5. The van der Waals surface area contributed by atoms with Gasteiger partial charge in [-0.05, 0) is 85.3 Å². The third-order valence-electron chi connectivity index (χ3n) is 11.3. The maximum Gasteiger partial charge on any atom is 0.243 e. The quantitative estimate of drug-likeness (QED) is 0.0621. The number of aromatic nitrogens is 1. The van der Waals surface area contributed by atoms with Gasteiger partial charge in [-0.15, -0.1) is 0 Å². The average molecular weight is 801 g/mol. The second kappa shape index (κ2) is 20.6. The summed E-state index contributed by atoms with van der Waals surface area (Å²) in [7, 11) is 1.66. The van der Waals surface area contributed by atoms with Crippen LogP contribution in [0.2, 0.25) is 0 Å². The third kappa shape index (κ3) is 11.3. The van der Waals surface area contributed by atoms with Gasteiger partial charge in [0, 0.05) is 49.3 Å². The second-order valence-electron chi connectivity index (χ2n) is 15.5. The standard InChI is InChI=1S/C46H56N8O5/c1-54(46(59)33-20-23-49-24-21-33)41(27-31-18-19-32-13-5-6-14-34(32)25-31)45(58)53-40(28-35-29-50-37-16-8-7-15-36(35)37)44(57)52-39(26-30-11-3-2-4-12-30)43(56)51-38(42(48)55)17-9-10-22-47/h2-8,11-16,18-19,25,29,33,38-41,49-50H,9-10,17,20-24,26-28,47H2,1H3,(H2,48,55)(H,51,56)(H,52,57)(H,53,58)/t38?,39-,40+,41?/m0/s1. The summed E-state index contributed by atoms with van der Waals surface area (Å²) in [5.41, 5.74) is 14.6. The number of carbonyl (C=O) groups is 5. The number of likely N-dealkylation sites (N-methyl/N-ethyl adjacent to an activating group) is 1. The summed E-state index contributed by atoms with van der Waals surface area (Å²) < 4.78 is 0. The Morgan fingerprint density at radius 2 is 1.36 bits per heavy atom. The Labute approximate surface area is 345 Å². The van der Waals surface area contributed by atoms with Crippen molar-refractivity contribution in [1.82, 2.24) is 31.2 Å². The van der Waals surface area contributed by atoms with Crippen LogP contribution >= 0.6 is 0 Å². The van der Waals surface area contributed by atoms with E-state index in [0.717, 1.165) is 38.4 Å². The lowest BCUT2D eigenvalue weighted by atomic mass is 9.94. The maximum atomic E-state index is 14.8. The first-order valence-electron chi connectivity index (χ1n) is 20.6. The number of benzene rings is 4. The first-order chi connectivity index (χ1) is 28.6. The molecule has 310 valence electrons. The Kier molecular flexibility index (Phi) is 14.8. The molecule has 4 atom stereocenters. The van der Waals surface area contributed by atoms with Crippen LogP contribution in [-0.4, -0.2) is 90.3 Å². The molecule has 1 aliphatic rings. The van der Waals surface area contributed by atoms with Gasteiger partial charge in [0.2, 0.25) is 29.5 Å². The summed E-state index contributed by atoms with van der Waals surface area (Å²) in [6.07, 6.45) is 5.06. The van der Waals surface area contributed by atoms with Gasteiger partial charge in [-0.25, -0.2) is 0 Å². The molecule has 59 heavy (non-hydrogen) atoms. The van der Waals surface area contributed by atoms with Crippen LogP contribution in [0.15, 0.2) is 103 Å². The minimum Gasteiger partial charge on any atom is -0.368 e. The van der Waals surface area contributed by atoms with Crippen molar-refractivity contribution in [3.8, 4) is 0 Å². The molecule has 0 radical (unpaired) electrons. The number of carbonyl (C=O) groups excluding carboxylic acids is 5. The normalized spacial score (nSPS) is 15.2. The lowest BCUT2D eigenvalue weighted by Gasteiger charge is -2.33. The molecule has 6 rings (SSSR count). The first-order valence-corrected chi connectivity index (χ1v) is 20.6. The summed E-state index contributed by atoms with van der Waals surface area (Å²) in [4.78, 5) is 74.6. The molecule has 13 nitrogen and oxygen atoms in total. The summed E-state index contributed by atoms with van der Waals surface area (Å²) in [5, 5.41) is 15.0. The van der Waals surface area contributed by atoms with E-state index in [1.807, 2.05) is 103 Å². The largest absolute Gasteiger partial charge is 0.368 e. The van der Waals surface area contributed by atoms with E-state index >= 15 is 0 Å². The highest BCUT2D eigenvalue weighted by molar-refractivity contribution is 5.96. The van der Waals surface area contributed by atoms with Crippen molar-refractivity contribution in [2.24, 2.45) is 17.4 Å². The second-order valence-corrected chi connectivity index (χ2v) is 15.5. The molecule has 1 saturated heterocycles. The van der Waals surface area contributed by atoms with Crippen molar-refractivity contribution in [3.05, 3.63) is 120 Å². The van der Waals surface area contributed by atoms with E-state index in [4.69, 9.17) is 11.5 Å². The monoisotopic (exact) mass is 800 g/mol. The maximum absolute atomic E-state index is 14.8. The fourth-order valence-electron chi connectivity index (χ4n) is 7.88. The van der Waals surface area contributed by atoms with Crippen LogP contribution in [0, 0.1) is 5.92 Å². The predicted octanol–water partition coefficient (Wildman–Crippen LogP) is 3.24. The molecule has 2 heterocycles. The number of aromatic amines is 1. The number of H-pyrrole nitrogens is 1. The van der Waals surface area contributed by atoms with Gasteiger partial charge in [0.05, 0.1) is 0 Å². The average Bonchev–Trinajstić information content (AvgIpc) is 3.67. The van der Waals surface area contributed by atoms with Crippen LogP contribution < -0.4 is 32.7 Å². The van der Waals surface area contributed by atoms with Crippen LogP contribution in [0.3, 0.4) is 0 Å². The van der Waals surface area contributed by atoms with Gasteiger partial charge in [0.25, 0.3) is 0 Å².